The van der Waals surface area contributed by atoms with Gasteiger partial charge in [-0.3, -0.25) is 4.79 Å². The van der Waals surface area contributed by atoms with Crippen LogP contribution < -0.4 is 15.0 Å². The first-order valence-corrected chi connectivity index (χ1v) is 8.59. The Labute approximate surface area is 143 Å². The third-order valence-electron chi connectivity index (χ3n) is 4.45. The van der Waals surface area contributed by atoms with Crippen molar-refractivity contribution in [1.29, 1.82) is 0 Å². The fourth-order valence-corrected chi connectivity index (χ4v) is 3.13. The number of amides is 1. The zero-order valence-electron chi connectivity index (χ0n) is 14.3. The monoisotopic (exact) mass is 324 g/mol. The number of nitrogens with zero attached hydrogens (tertiary/aromatic N) is 1. The predicted molar refractivity (Wildman–Crippen MR) is 98.0 cm³/mol. The summed E-state index contributed by atoms with van der Waals surface area (Å²) < 4.78 is 5.67. The number of likely N-dealkylation sites (N-methyl/N-ethyl adjacent to an activating group) is 1. The summed E-state index contributed by atoms with van der Waals surface area (Å²) in [7, 11) is 0. The summed E-state index contributed by atoms with van der Waals surface area (Å²) in [5.41, 5.74) is 4.52. The lowest BCUT2D eigenvalue weighted by Gasteiger charge is -2.17. The van der Waals surface area contributed by atoms with Crippen molar-refractivity contribution in [3.05, 3.63) is 53.6 Å². The molecule has 24 heavy (non-hydrogen) atoms. The van der Waals surface area contributed by atoms with Crippen molar-refractivity contribution >= 4 is 17.3 Å². The average Bonchev–Trinajstić information content (AvgIpc) is 3.02. The number of hydrogen-bond donors (Lipinski definition) is 1. The highest BCUT2D eigenvalue weighted by atomic mass is 16.5. The molecule has 0 radical (unpaired) electrons. The molecular weight excluding hydrogens is 300 g/mol. The molecule has 2 aromatic rings. The van der Waals surface area contributed by atoms with Gasteiger partial charge in [0.2, 0.25) is 0 Å². The van der Waals surface area contributed by atoms with Crippen LogP contribution >= 0.6 is 0 Å². The summed E-state index contributed by atoms with van der Waals surface area (Å²) in [6.45, 7) is 6.29. The van der Waals surface area contributed by atoms with E-state index in [0.29, 0.717) is 0 Å². The van der Waals surface area contributed by atoms with Crippen LogP contribution in [0.3, 0.4) is 0 Å². The molecule has 4 nitrogen and oxygen atoms in total. The fraction of sp³-hybridized carbons (Fsp3) is 0.350. The Morgan fingerprint density at radius 3 is 2.83 bits per heavy atom. The molecule has 0 spiro atoms. The minimum atomic E-state index is -0.137. The molecule has 4 heteroatoms. The maximum atomic E-state index is 12.2. The van der Waals surface area contributed by atoms with Gasteiger partial charge in [0.05, 0.1) is 0 Å². The van der Waals surface area contributed by atoms with Crippen LogP contribution in [0.4, 0.5) is 11.4 Å². The molecule has 1 heterocycles. The quantitative estimate of drug-likeness (QED) is 0.882. The molecule has 2 aromatic carbocycles. The van der Waals surface area contributed by atoms with E-state index in [1.165, 1.54) is 11.3 Å². The van der Waals surface area contributed by atoms with Crippen molar-refractivity contribution in [3.63, 3.8) is 0 Å². The fourth-order valence-electron chi connectivity index (χ4n) is 3.13. The molecule has 1 N–H and O–H groups in total. The van der Waals surface area contributed by atoms with Gasteiger partial charge in [0, 0.05) is 24.5 Å². The van der Waals surface area contributed by atoms with Crippen molar-refractivity contribution in [2.45, 2.75) is 26.7 Å². The molecule has 0 aromatic heterocycles. The second-order valence-corrected chi connectivity index (χ2v) is 5.97. The van der Waals surface area contributed by atoms with E-state index < -0.39 is 0 Å². The number of anilines is 2. The molecule has 3 rings (SSSR count). The van der Waals surface area contributed by atoms with Gasteiger partial charge in [0.25, 0.3) is 5.91 Å². The van der Waals surface area contributed by atoms with E-state index >= 15 is 0 Å². The number of fused-ring (bicyclic) bond motifs is 1. The summed E-state index contributed by atoms with van der Waals surface area (Å²) in [5, 5.41) is 2.93. The van der Waals surface area contributed by atoms with Crippen molar-refractivity contribution < 1.29 is 9.53 Å². The second-order valence-electron chi connectivity index (χ2n) is 5.97. The zero-order valence-corrected chi connectivity index (χ0v) is 14.3. The Hall–Kier alpha value is -2.49. The number of rotatable bonds is 6. The highest BCUT2D eigenvalue weighted by Gasteiger charge is 2.18. The average molecular weight is 324 g/mol. The third kappa shape index (κ3) is 3.53. The van der Waals surface area contributed by atoms with E-state index in [9.17, 15) is 4.79 Å². The van der Waals surface area contributed by atoms with E-state index in [1.54, 1.807) is 0 Å². The summed E-state index contributed by atoms with van der Waals surface area (Å²) >= 11 is 0. The van der Waals surface area contributed by atoms with Gasteiger partial charge >= 0.3 is 0 Å². The summed E-state index contributed by atoms with van der Waals surface area (Å²) in [4.78, 5) is 14.5. The van der Waals surface area contributed by atoms with Gasteiger partial charge in [-0.2, -0.15) is 0 Å². The van der Waals surface area contributed by atoms with E-state index in [-0.39, 0.29) is 12.5 Å². The lowest BCUT2D eigenvalue weighted by atomic mass is 10.1. The number of hydrogen-bond acceptors (Lipinski definition) is 3. The molecule has 0 atom stereocenters. The van der Waals surface area contributed by atoms with Gasteiger partial charge in [0.1, 0.15) is 5.75 Å². The SMILES string of the molecule is CCc1ccccc1OCC(=O)Nc1ccc2c(c1)N(CC)CC2. The van der Waals surface area contributed by atoms with Crippen LogP contribution in [0.5, 0.6) is 5.75 Å². The number of aryl methyl sites for hydroxylation is 1. The Morgan fingerprint density at radius 2 is 2.04 bits per heavy atom. The largest absolute Gasteiger partial charge is 0.483 e. The number of carbonyl (C=O) groups is 1. The van der Waals surface area contributed by atoms with Gasteiger partial charge in [-0.25, -0.2) is 0 Å². The van der Waals surface area contributed by atoms with Crippen LogP contribution in [0.25, 0.3) is 0 Å². The van der Waals surface area contributed by atoms with Crippen LogP contribution in [0.2, 0.25) is 0 Å². The molecule has 0 saturated heterocycles. The number of para-hydroxylation sites is 1. The number of carbonyl (C=O) groups excluding carboxylic acids is 1. The molecule has 0 bridgehead atoms. The summed E-state index contributed by atoms with van der Waals surface area (Å²) in [6, 6.07) is 14.0. The van der Waals surface area contributed by atoms with Crippen LogP contribution in [-0.4, -0.2) is 25.6 Å². The summed E-state index contributed by atoms with van der Waals surface area (Å²) in [5.74, 6) is 0.642. The van der Waals surface area contributed by atoms with Crippen LogP contribution in [0, 0.1) is 0 Å². The molecule has 126 valence electrons. The normalized spacial score (nSPS) is 12.8. The number of ether oxygens (including phenoxy) is 1. The topological polar surface area (TPSA) is 41.6 Å². The van der Waals surface area contributed by atoms with Crippen molar-refractivity contribution in [1.82, 2.24) is 0 Å². The molecule has 0 saturated carbocycles. The number of nitrogens with one attached hydrogen (secondary N) is 1. The Bertz CT molecular complexity index is 727. The molecular formula is C20H24N2O2. The van der Waals surface area contributed by atoms with Gasteiger partial charge in [-0.05, 0) is 49.1 Å². The van der Waals surface area contributed by atoms with E-state index in [0.717, 1.165) is 42.9 Å². The molecule has 1 aliphatic rings. The van der Waals surface area contributed by atoms with Crippen molar-refractivity contribution in [2.75, 3.05) is 29.9 Å². The molecule has 0 aliphatic carbocycles. The maximum absolute atomic E-state index is 12.2. The first-order chi connectivity index (χ1) is 11.7. The third-order valence-corrected chi connectivity index (χ3v) is 4.45. The predicted octanol–water partition coefficient (Wildman–Crippen LogP) is 3.65. The van der Waals surface area contributed by atoms with Crippen LogP contribution in [0.15, 0.2) is 42.5 Å². The molecule has 0 fully saturated rings. The summed E-state index contributed by atoms with van der Waals surface area (Å²) in [6.07, 6.45) is 1.96. The van der Waals surface area contributed by atoms with Crippen molar-refractivity contribution in [3.8, 4) is 5.75 Å². The zero-order chi connectivity index (χ0) is 16.9. The Balaban J connectivity index is 1.61. The van der Waals surface area contributed by atoms with Gasteiger partial charge in [-0.15, -0.1) is 0 Å². The standard InChI is InChI=1S/C20H24N2O2/c1-3-15-7-5-6-8-19(15)24-14-20(23)21-17-10-9-16-11-12-22(4-2)18(16)13-17/h5-10,13H,3-4,11-12,14H2,1-2H3,(H,21,23). The first kappa shape index (κ1) is 16.4. The van der Waals surface area contributed by atoms with Crippen LogP contribution in [0.1, 0.15) is 25.0 Å². The number of benzene rings is 2. The van der Waals surface area contributed by atoms with Crippen LogP contribution in [-0.2, 0) is 17.6 Å². The smallest absolute Gasteiger partial charge is 0.262 e. The second kappa shape index (κ2) is 7.39. The van der Waals surface area contributed by atoms with Crippen molar-refractivity contribution in [2.24, 2.45) is 0 Å². The highest BCUT2D eigenvalue weighted by Crippen LogP contribution is 2.30. The van der Waals surface area contributed by atoms with E-state index in [2.05, 4.69) is 36.2 Å². The Morgan fingerprint density at radius 1 is 1.21 bits per heavy atom. The molecule has 0 unspecified atom stereocenters. The maximum Gasteiger partial charge on any atom is 0.262 e. The first-order valence-electron chi connectivity index (χ1n) is 8.59. The minimum absolute atomic E-state index is 0.0194. The lowest BCUT2D eigenvalue weighted by molar-refractivity contribution is -0.118. The highest BCUT2D eigenvalue weighted by molar-refractivity contribution is 5.92. The minimum Gasteiger partial charge on any atom is -0.483 e. The lowest BCUT2D eigenvalue weighted by Crippen LogP contribution is -2.21. The molecule has 1 amide bonds. The van der Waals surface area contributed by atoms with E-state index in [1.807, 2.05) is 30.3 Å². The van der Waals surface area contributed by atoms with E-state index in [4.69, 9.17) is 4.74 Å². The van der Waals surface area contributed by atoms with Gasteiger partial charge in [-0.1, -0.05) is 31.2 Å². The molecule has 1 aliphatic heterocycles. The van der Waals surface area contributed by atoms with Gasteiger partial charge < -0.3 is 15.0 Å². The Kier molecular flexibility index (Phi) is 5.04. The van der Waals surface area contributed by atoms with Gasteiger partial charge in [0.15, 0.2) is 6.61 Å².